The van der Waals surface area contributed by atoms with Gasteiger partial charge in [-0.15, -0.1) is 0 Å². The summed E-state index contributed by atoms with van der Waals surface area (Å²) in [5.74, 6) is 6.55. The predicted octanol–water partition coefficient (Wildman–Crippen LogP) is 3.66. The third-order valence-electron chi connectivity index (χ3n) is 3.66. The highest BCUT2D eigenvalue weighted by molar-refractivity contribution is 6.30. The van der Waals surface area contributed by atoms with Crippen LogP contribution < -0.4 is 16.0 Å². The van der Waals surface area contributed by atoms with Gasteiger partial charge in [0.25, 0.3) is 0 Å². The normalized spacial score (nSPS) is 12.2. The first kappa shape index (κ1) is 15.8. The smallest absolute Gasteiger partial charge is 0.122 e. The molecule has 0 radical (unpaired) electrons. The molecule has 0 aromatic heterocycles. The Morgan fingerprint density at radius 3 is 2.48 bits per heavy atom. The lowest BCUT2D eigenvalue weighted by Crippen LogP contribution is -2.29. The molecule has 0 amide bonds. The summed E-state index contributed by atoms with van der Waals surface area (Å²) < 4.78 is 5.39. The number of halogens is 1. The van der Waals surface area contributed by atoms with Gasteiger partial charge >= 0.3 is 0 Å². The zero-order valence-corrected chi connectivity index (χ0v) is 13.2. The Balaban J connectivity index is 2.23. The number of hydrogen-bond donors (Lipinski definition) is 2. The van der Waals surface area contributed by atoms with Gasteiger partial charge in [0, 0.05) is 5.02 Å². The average Bonchev–Trinajstić information content (AvgIpc) is 2.53. The zero-order valence-electron chi connectivity index (χ0n) is 12.4. The van der Waals surface area contributed by atoms with Crippen molar-refractivity contribution in [3.63, 3.8) is 0 Å². The number of nitrogens with two attached hydrogens (primary N) is 1. The van der Waals surface area contributed by atoms with E-state index >= 15 is 0 Å². The van der Waals surface area contributed by atoms with E-state index in [2.05, 4.69) is 36.6 Å². The first-order chi connectivity index (χ1) is 10.2. The molecule has 0 aliphatic rings. The van der Waals surface area contributed by atoms with Crippen molar-refractivity contribution in [2.45, 2.75) is 25.8 Å². The molecule has 4 heteroatoms. The molecule has 0 saturated heterocycles. The third kappa shape index (κ3) is 3.97. The van der Waals surface area contributed by atoms with Crippen LogP contribution in [0.3, 0.4) is 0 Å². The molecule has 0 aliphatic heterocycles. The molecule has 0 fully saturated rings. The Morgan fingerprint density at radius 2 is 1.90 bits per heavy atom. The summed E-state index contributed by atoms with van der Waals surface area (Å²) in [5.41, 5.74) is 6.38. The van der Waals surface area contributed by atoms with Crippen molar-refractivity contribution < 1.29 is 4.74 Å². The van der Waals surface area contributed by atoms with Crippen LogP contribution in [-0.4, -0.2) is 7.11 Å². The highest BCUT2D eigenvalue weighted by atomic mass is 35.5. The first-order valence-electron chi connectivity index (χ1n) is 7.05. The van der Waals surface area contributed by atoms with Crippen LogP contribution in [-0.2, 0) is 12.8 Å². The molecule has 21 heavy (non-hydrogen) atoms. The molecule has 112 valence electrons. The minimum absolute atomic E-state index is 0.0169. The molecule has 3 N–H and O–H groups in total. The first-order valence-corrected chi connectivity index (χ1v) is 7.43. The van der Waals surface area contributed by atoms with Gasteiger partial charge in [-0.25, -0.2) is 0 Å². The summed E-state index contributed by atoms with van der Waals surface area (Å²) in [7, 11) is 1.66. The van der Waals surface area contributed by atoms with E-state index in [9.17, 15) is 0 Å². The second-order valence-electron chi connectivity index (χ2n) is 4.97. The summed E-state index contributed by atoms with van der Waals surface area (Å²) >= 11 is 6.08. The van der Waals surface area contributed by atoms with Gasteiger partial charge in [0.15, 0.2) is 0 Å². The van der Waals surface area contributed by atoms with Crippen LogP contribution in [0.5, 0.6) is 5.75 Å². The summed E-state index contributed by atoms with van der Waals surface area (Å²) in [6.45, 7) is 2.14. The SMILES string of the molecule is CCc1ccc(C(Cc2cc(Cl)ccc2OC)NN)cc1. The molecule has 2 rings (SSSR count). The van der Waals surface area contributed by atoms with E-state index in [1.165, 1.54) is 5.56 Å². The monoisotopic (exact) mass is 304 g/mol. The van der Waals surface area contributed by atoms with Crippen LogP contribution in [0.4, 0.5) is 0 Å². The second-order valence-corrected chi connectivity index (χ2v) is 5.41. The molecular formula is C17H21ClN2O. The van der Waals surface area contributed by atoms with Gasteiger partial charge in [-0.05, 0) is 47.7 Å². The van der Waals surface area contributed by atoms with Crippen molar-refractivity contribution in [1.82, 2.24) is 5.43 Å². The molecule has 2 aromatic rings. The number of benzene rings is 2. The largest absolute Gasteiger partial charge is 0.496 e. The van der Waals surface area contributed by atoms with Gasteiger partial charge in [0.05, 0.1) is 13.2 Å². The van der Waals surface area contributed by atoms with Gasteiger partial charge in [0.2, 0.25) is 0 Å². The quantitative estimate of drug-likeness (QED) is 0.632. The number of hydrazine groups is 1. The lowest BCUT2D eigenvalue weighted by Gasteiger charge is -2.18. The number of methoxy groups -OCH3 is 1. The molecule has 0 saturated carbocycles. The van der Waals surface area contributed by atoms with Crippen LogP contribution >= 0.6 is 11.6 Å². The maximum absolute atomic E-state index is 6.08. The number of hydrogen-bond acceptors (Lipinski definition) is 3. The lowest BCUT2D eigenvalue weighted by atomic mass is 9.97. The van der Waals surface area contributed by atoms with E-state index in [0.717, 1.165) is 23.3 Å². The van der Waals surface area contributed by atoms with E-state index in [-0.39, 0.29) is 6.04 Å². The van der Waals surface area contributed by atoms with Crippen molar-refractivity contribution in [3.05, 3.63) is 64.2 Å². The lowest BCUT2D eigenvalue weighted by molar-refractivity contribution is 0.405. The fraction of sp³-hybridized carbons (Fsp3) is 0.294. The molecule has 0 aliphatic carbocycles. The Bertz CT molecular complexity index is 584. The topological polar surface area (TPSA) is 47.3 Å². The minimum Gasteiger partial charge on any atom is -0.496 e. The van der Waals surface area contributed by atoms with Crippen LogP contribution in [0.1, 0.15) is 29.7 Å². The number of rotatable bonds is 6. The van der Waals surface area contributed by atoms with Crippen molar-refractivity contribution in [3.8, 4) is 5.75 Å². The summed E-state index contributed by atoms with van der Waals surface area (Å²) in [6.07, 6.45) is 1.74. The van der Waals surface area contributed by atoms with Crippen LogP contribution in [0.25, 0.3) is 0 Å². The summed E-state index contributed by atoms with van der Waals surface area (Å²) in [6, 6.07) is 14.1. The average molecular weight is 305 g/mol. The Morgan fingerprint density at radius 1 is 1.19 bits per heavy atom. The van der Waals surface area contributed by atoms with Gasteiger partial charge < -0.3 is 4.74 Å². The molecule has 2 aromatic carbocycles. The predicted molar refractivity (Wildman–Crippen MR) is 87.6 cm³/mol. The van der Waals surface area contributed by atoms with Crippen molar-refractivity contribution in [2.24, 2.45) is 5.84 Å². The number of ether oxygens (including phenoxy) is 1. The van der Waals surface area contributed by atoms with Gasteiger partial charge in [-0.1, -0.05) is 42.8 Å². The summed E-state index contributed by atoms with van der Waals surface area (Å²) in [5, 5.41) is 0.697. The maximum atomic E-state index is 6.08. The third-order valence-corrected chi connectivity index (χ3v) is 3.89. The molecule has 0 bridgehead atoms. The highest BCUT2D eigenvalue weighted by Gasteiger charge is 2.14. The molecule has 0 heterocycles. The van der Waals surface area contributed by atoms with E-state index in [4.69, 9.17) is 22.2 Å². The Kier molecular flexibility index (Phi) is 5.62. The van der Waals surface area contributed by atoms with Gasteiger partial charge in [-0.3, -0.25) is 11.3 Å². The second kappa shape index (κ2) is 7.46. The zero-order chi connectivity index (χ0) is 15.2. The van der Waals surface area contributed by atoms with Crippen molar-refractivity contribution in [2.75, 3.05) is 7.11 Å². The van der Waals surface area contributed by atoms with Crippen LogP contribution in [0.15, 0.2) is 42.5 Å². The maximum Gasteiger partial charge on any atom is 0.122 e. The van der Waals surface area contributed by atoms with Crippen molar-refractivity contribution >= 4 is 11.6 Å². The van der Waals surface area contributed by atoms with E-state index in [1.54, 1.807) is 7.11 Å². The van der Waals surface area contributed by atoms with Crippen LogP contribution in [0, 0.1) is 0 Å². The minimum atomic E-state index is 0.0169. The molecule has 0 spiro atoms. The Hall–Kier alpha value is -1.55. The molecule has 1 atom stereocenters. The molecular weight excluding hydrogens is 284 g/mol. The standard InChI is InChI=1S/C17H21ClN2O/c1-3-12-4-6-13(7-5-12)16(20-19)11-14-10-15(18)8-9-17(14)21-2/h4-10,16,20H,3,11,19H2,1-2H3. The molecule has 3 nitrogen and oxygen atoms in total. The highest BCUT2D eigenvalue weighted by Crippen LogP contribution is 2.27. The number of aryl methyl sites for hydroxylation is 1. The molecule has 1 unspecified atom stereocenters. The van der Waals surface area contributed by atoms with E-state index in [0.29, 0.717) is 11.4 Å². The summed E-state index contributed by atoms with van der Waals surface area (Å²) in [4.78, 5) is 0. The van der Waals surface area contributed by atoms with Gasteiger partial charge in [-0.2, -0.15) is 0 Å². The number of nitrogens with one attached hydrogen (secondary N) is 1. The van der Waals surface area contributed by atoms with Crippen LogP contribution in [0.2, 0.25) is 5.02 Å². The van der Waals surface area contributed by atoms with E-state index < -0.39 is 0 Å². The van der Waals surface area contributed by atoms with E-state index in [1.807, 2.05) is 18.2 Å². The Labute approximate surface area is 131 Å². The fourth-order valence-electron chi connectivity index (χ4n) is 2.39. The van der Waals surface area contributed by atoms with Gasteiger partial charge in [0.1, 0.15) is 5.75 Å². The fourth-order valence-corrected chi connectivity index (χ4v) is 2.58. The van der Waals surface area contributed by atoms with Crippen molar-refractivity contribution in [1.29, 1.82) is 0 Å².